The van der Waals surface area contributed by atoms with E-state index in [1.807, 2.05) is 0 Å². The minimum absolute atomic E-state index is 0.0883. The number of likely N-dealkylation sites (N-methyl/N-ethyl adjacent to an activating group) is 1. The Morgan fingerprint density at radius 2 is 1.83 bits per heavy atom. The van der Waals surface area contributed by atoms with Gasteiger partial charge in [0.15, 0.2) is 0 Å². The lowest BCUT2D eigenvalue weighted by atomic mass is 9.93. The average Bonchev–Trinajstić information content (AvgIpc) is 3.62. The van der Waals surface area contributed by atoms with Gasteiger partial charge in [-0.3, -0.25) is 4.79 Å². The van der Waals surface area contributed by atoms with Crippen LogP contribution in [0.2, 0.25) is 0 Å². The van der Waals surface area contributed by atoms with E-state index in [1.165, 1.54) is 30.2 Å². The molecule has 4 aliphatic rings. The van der Waals surface area contributed by atoms with Gasteiger partial charge in [0, 0.05) is 51.5 Å². The number of morpholine rings is 1. The van der Waals surface area contributed by atoms with Gasteiger partial charge >= 0.3 is 0 Å². The van der Waals surface area contributed by atoms with Crippen LogP contribution in [0.4, 0.5) is 22.7 Å². The standard InChI is InChI=1S/C31H43N5O5S/c1-21(20-37)33-42(39,40)25-4-5-26(27(18-25)35-12-9-31(7-8-31)10-13-35)30(38)32-24-16-23-6-11-34(3)29(23)28(17-24)36-14-15-41-22(2)19-36/h4-5,16-18,21-22,33,37H,6-15,19-20H2,1-3H3,(H,32,38)/t21-,22-/m1/s1. The number of fused-ring (bicyclic) bond motifs is 1. The Morgan fingerprint density at radius 1 is 1.07 bits per heavy atom. The van der Waals surface area contributed by atoms with Gasteiger partial charge in [0.1, 0.15) is 0 Å². The van der Waals surface area contributed by atoms with Crippen LogP contribution in [0.15, 0.2) is 35.2 Å². The Kier molecular flexibility index (Phi) is 7.88. The van der Waals surface area contributed by atoms with Crippen molar-refractivity contribution >= 4 is 38.7 Å². The van der Waals surface area contributed by atoms with Gasteiger partial charge in [-0.25, -0.2) is 13.1 Å². The third-order valence-electron chi connectivity index (χ3n) is 9.38. The molecule has 0 unspecified atom stereocenters. The Morgan fingerprint density at radius 3 is 2.52 bits per heavy atom. The summed E-state index contributed by atoms with van der Waals surface area (Å²) in [6.07, 6.45) is 5.64. The van der Waals surface area contributed by atoms with Crippen LogP contribution in [0.1, 0.15) is 55.5 Å². The second-order valence-electron chi connectivity index (χ2n) is 12.6. The van der Waals surface area contributed by atoms with Gasteiger partial charge in [-0.15, -0.1) is 0 Å². The molecule has 2 atom stereocenters. The summed E-state index contributed by atoms with van der Waals surface area (Å²) in [5, 5.41) is 12.6. The second kappa shape index (κ2) is 11.3. The van der Waals surface area contributed by atoms with Gasteiger partial charge < -0.3 is 29.9 Å². The van der Waals surface area contributed by atoms with Crippen molar-refractivity contribution in [3.63, 3.8) is 0 Å². The summed E-state index contributed by atoms with van der Waals surface area (Å²) in [4.78, 5) is 20.8. The minimum atomic E-state index is -3.87. The lowest BCUT2D eigenvalue weighted by Crippen LogP contribution is -2.41. The average molecular weight is 598 g/mol. The first-order chi connectivity index (χ1) is 20.1. The van der Waals surface area contributed by atoms with Crippen LogP contribution in [-0.4, -0.2) is 84.6 Å². The van der Waals surface area contributed by atoms with Crippen LogP contribution in [0.5, 0.6) is 0 Å². The number of aliphatic hydroxyl groups is 1. The number of carbonyl (C=O) groups excluding carboxylic acids is 1. The molecule has 0 aromatic heterocycles. The lowest BCUT2D eigenvalue weighted by molar-refractivity contribution is 0.0532. The minimum Gasteiger partial charge on any atom is -0.395 e. The number of anilines is 4. The highest BCUT2D eigenvalue weighted by atomic mass is 32.2. The number of ether oxygens (including phenoxy) is 1. The highest BCUT2D eigenvalue weighted by Crippen LogP contribution is 2.54. The largest absolute Gasteiger partial charge is 0.395 e. The Hall–Kier alpha value is -2.86. The number of amides is 1. The zero-order valence-electron chi connectivity index (χ0n) is 24.9. The normalized spacial score (nSPS) is 22.3. The molecule has 2 saturated heterocycles. The molecule has 3 fully saturated rings. The number of nitrogens with zero attached hydrogens (tertiary/aromatic N) is 3. The molecule has 10 nitrogen and oxygen atoms in total. The van der Waals surface area contributed by atoms with Crippen molar-refractivity contribution in [2.24, 2.45) is 5.41 Å². The van der Waals surface area contributed by atoms with Gasteiger partial charge in [0.2, 0.25) is 10.0 Å². The fourth-order valence-electron chi connectivity index (χ4n) is 6.66. The predicted octanol–water partition coefficient (Wildman–Crippen LogP) is 3.20. The number of aliphatic hydroxyl groups excluding tert-OH is 1. The van der Waals surface area contributed by atoms with Gasteiger partial charge in [0.05, 0.1) is 46.8 Å². The van der Waals surface area contributed by atoms with Crippen LogP contribution in [0.25, 0.3) is 0 Å². The molecule has 228 valence electrons. The van der Waals surface area contributed by atoms with Crippen LogP contribution >= 0.6 is 0 Å². The van der Waals surface area contributed by atoms with E-state index in [-0.39, 0.29) is 23.5 Å². The zero-order chi connectivity index (χ0) is 29.6. The van der Waals surface area contributed by atoms with E-state index in [9.17, 15) is 18.3 Å². The predicted molar refractivity (Wildman–Crippen MR) is 165 cm³/mol. The number of sulfonamides is 1. The fraction of sp³-hybridized carbons (Fsp3) is 0.581. The maximum absolute atomic E-state index is 13.9. The Labute approximate surface area is 249 Å². The van der Waals surface area contributed by atoms with E-state index in [2.05, 4.69) is 50.8 Å². The number of nitrogens with one attached hydrogen (secondary N) is 2. The molecule has 42 heavy (non-hydrogen) atoms. The summed E-state index contributed by atoms with van der Waals surface area (Å²) >= 11 is 0. The third kappa shape index (κ3) is 5.84. The first-order valence-electron chi connectivity index (χ1n) is 15.2. The number of hydrogen-bond donors (Lipinski definition) is 3. The molecule has 1 saturated carbocycles. The summed E-state index contributed by atoms with van der Waals surface area (Å²) < 4.78 is 34.5. The van der Waals surface area contributed by atoms with Crippen LogP contribution in [-0.2, 0) is 21.2 Å². The zero-order valence-corrected chi connectivity index (χ0v) is 25.7. The van der Waals surface area contributed by atoms with Crippen LogP contribution in [0.3, 0.4) is 0 Å². The van der Waals surface area contributed by atoms with Crippen molar-refractivity contribution in [3.05, 3.63) is 41.5 Å². The first-order valence-corrected chi connectivity index (χ1v) is 16.6. The monoisotopic (exact) mass is 597 g/mol. The number of carbonyl (C=O) groups is 1. The summed E-state index contributed by atoms with van der Waals surface area (Å²) in [5.74, 6) is -0.259. The maximum Gasteiger partial charge on any atom is 0.257 e. The molecule has 11 heteroatoms. The maximum atomic E-state index is 13.9. The van der Waals surface area contributed by atoms with Gasteiger partial charge in [-0.05, 0) is 87.3 Å². The van der Waals surface area contributed by atoms with Gasteiger partial charge in [-0.2, -0.15) is 0 Å². The van der Waals surface area contributed by atoms with E-state index in [1.54, 1.807) is 19.1 Å². The molecular formula is C31H43N5O5S. The molecule has 6 rings (SSSR count). The van der Waals surface area contributed by atoms with Crippen molar-refractivity contribution in [1.82, 2.24) is 4.72 Å². The third-order valence-corrected chi connectivity index (χ3v) is 11.0. The summed E-state index contributed by atoms with van der Waals surface area (Å²) in [5.41, 5.74) is 5.78. The summed E-state index contributed by atoms with van der Waals surface area (Å²) in [6, 6.07) is 8.23. The lowest BCUT2D eigenvalue weighted by Gasteiger charge is -2.35. The number of hydrogen-bond acceptors (Lipinski definition) is 8. The SMILES string of the molecule is C[C@H](CO)NS(=O)(=O)c1ccc(C(=O)Nc2cc3c(c(N4CCO[C@H](C)C4)c2)N(C)CC3)c(N2CCC3(CC2)CC3)c1. The Balaban J connectivity index is 1.32. The van der Waals surface area contributed by atoms with Gasteiger partial charge in [0.25, 0.3) is 5.91 Å². The molecule has 2 aromatic carbocycles. The number of rotatable bonds is 8. The molecule has 0 bridgehead atoms. The fourth-order valence-corrected chi connectivity index (χ4v) is 7.91. The highest BCUT2D eigenvalue weighted by Gasteiger charge is 2.44. The second-order valence-corrected chi connectivity index (χ2v) is 14.3. The van der Waals surface area contributed by atoms with Crippen LogP contribution in [0, 0.1) is 5.41 Å². The molecule has 3 aliphatic heterocycles. The molecule has 1 spiro atoms. The summed E-state index contributed by atoms with van der Waals surface area (Å²) in [7, 11) is -1.76. The number of benzene rings is 2. The van der Waals surface area contributed by atoms with Crippen molar-refractivity contribution in [2.75, 3.05) is 73.0 Å². The first kappa shape index (κ1) is 29.2. The van der Waals surface area contributed by atoms with E-state index < -0.39 is 16.1 Å². The molecule has 3 N–H and O–H groups in total. The van der Waals surface area contributed by atoms with Crippen molar-refractivity contribution in [1.29, 1.82) is 0 Å². The molecule has 3 heterocycles. The molecule has 1 amide bonds. The quantitative estimate of drug-likeness (QED) is 0.425. The van der Waals surface area contributed by atoms with Crippen molar-refractivity contribution < 1.29 is 23.1 Å². The molecule has 0 radical (unpaired) electrons. The number of piperidine rings is 1. The summed E-state index contributed by atoms with van der Waals surface area (Å²) in [6.45, 7) is 8.14. The molecule has 2 aromatic rings. The topological polar surface area (TPSA) is 114 Å². The molecular weight excluding hydrogens is 554 g/mol. The van der Waals surface area contributed by atoms with E-state index in [0.717, 1.165) is 63.4 Å². The van der Waals surface area contributed by atoms with E-state index in [4.69, 9.17) is 4.74 Å². The molecule has 1 aliphatic carbocycles. The smallest absolute Gasteiger partial charge is 0.257 e. The van der Waals surface area contributed by atoms with Crippen molar-refractivity contribution in [3.8, 4) is 0 Å². The highest BCUT2D eigenvalue weighted by molar-refractivity contribution is 7.89. The van der Waals surface area contributed by atoms with Gasteiger partial charge in [-0.1, -0.05) is 0 Å². The van der Waals surface area contributed by atoms with Crippen molar-refractivity contribution in [2.45, 2.75) is 63.0 Å². The van der Waals surface area contributed by atoms with E-state index in [0.29, 0.717) is 23.3 Å². The Bertz CT molecular complexity index is 1450. The van der Waals surface area contributed by atoms with Crippen LogP contribution < -0.4 is 24.7 Å². The van der Waals surface area contributed by atoms with E-state index >= 15 is 0 Å².